The summed E-state index contributed by atoms with van der Waals surface area (Å²) in [6.45, 7) is 0.933. The second-order valence-corrected chi connectivity index (χ2v) is 6.72. The number of hydrogen-bond donors (Lipinski definition) is 0. The summed E-state index contributed by atoms with van der Waals surface area (Å²) in [7, 11) is 1.57. The van der Waals surface area contributed by atoms with Crippen LogP contribution in [0.15, 0.2) is 24.3 Å². The molecule has 3 nitrogen and oxygen atoms in total. The topological polar surface area (TPSA) is 29.5 Å². The molecule has 1 saturated heterocycles. The molecule has 0 saturated carbocycles. The van der Waals surface area contributed by atoms with Crippen molar-refractivity contribution in [3.05, 3.63) is 29.8 Å². The van der Waals surface area contributed by atoms with E-state index in [0.717, 1.165) is 16.2 Å². The first-order valence-electron chi connectivity index (χ1n) is 6.95. The van der Waals surface area contributed by atoms with Crippen molar-refractivity contribution in [2.75, 3.05) is 20.2 Å². The van der Waals surface area contributed by atoms with E-state index in [1.807, 2.05) is 31.2 Å². The third kappa shape index (κ3) is 4.09. The lowest BCUT2D eigenvalue weighted by molar-refractivity contribution is -0.157. The van der Waals surface area contributed by atoms with Gasteiger partial charge in [0.25, 0.3) is 0 Å². The van der Waals surface area contributed by atoms with Gasteiger partial charge in [0.05, 0.1) is 12.4 Å². The van der Waals surface area contributed by atoms with Crippen LogP contribution in [0.4, 0.5) is 13.2 Å². The monoisotopic (exact) mass is 333 g/mol. The van der Waals surface area contributed by atoms with E-state index in [2.05, 4.69) is 0 Å². The Balaban J connectivity index is 2.01. The summed E-state index contributed by atoms with van der Waals surface area (Å²) in [6.07, 6.45) is -3.90. The van der Waals surface area contributed by atoms with Crippen molar-refractivity contribution >= 4 is 17.7 Å². The zero-order valence-electron chi connectivity index (χ0n) is 12.4. The van der Waals surface area contributed by atoms with E-state index in [1.165, 1.54) is 11.8 Å². The van der Waals surface area contributed by atoms with E-state index in [-0.39, 0.29) is 11.8 Å². The average molecular weight is 333 g/mol. The van der Waals surface area contributed by atoms with Crippen molar-refractivity contribution in [2.45, 2.75) is 30.0 Å². The average Bonchev–Trinajstić information content (AvgIpc) is 2.78. The van der Waals surface area contributed by atoms with Crippen LogP contribution in [0.2, 0.25) is 0 Å². The fourth-order valence-corrected chi connectivity index (χ4v) is 3.87. The summed E-state index contributed by atoms with van der Waals surface area (Å²) in [5.74, 6) is 0.296. The Hall–Kier alpha value is -1.37. The lowest BCUT2D eigenvalue weighted by Crippen LogP contribution is -2.36. The molecule has 0 aliphatic carbocycles. The lowest BCUT2D eigenvalue weighted by Gasteiger charge is -2.20. The highest BCUT2D eigenvalue weighted by Gasteiger charge is 2.40. The van der Waals surface area contributed by atoms with Crippen molar-refractivity contribution < 1.29 is 22.7 Å². The van der Waals surface area contributed by atoms with Gasteiger partial charge in [-0.05, 0) is 19.4 Å². The van der Waals surface area contributed by atoms with E-state index < -0.39 is 23.9 Å². The SMILES string of the molecule is COc1ccccc1[C@H](C)S[C@@H]1CCN(CC(F)(F)F)C1=O. The Morgan fingerprint density at radius 3 is 2.73 bits per heavy atom. The Kier molecular flexibility index (Phi) is 5.26. The molecule has 1 aliphatic rings. The number of hydrogen-bond acceptors (Lipinski definition) is 3. The van der Waals surface area contributed by atoms with Crippen molar-refractivity contribution in [3.63, 3.8) is 0 Å². The van der Waals surface area contributed by atoms with Crippen molar-refractivity contribution in [1.29, 1.82) is 0 Å². The second kappa shape index (κ2) is 6.81. The summed E-state index contributed by atoms with van der Waals surface area (Å²) < 4.78 is 42.5. The maximum Gasteiger partial charge on any atom is 0.406 e. The highest BCUT2D eigenvalue weighted by Crippen LogP contribution is 2.40. The summed E-state index contributed by atoms with van der Waals surface area (Å²) in [5.41, 5.74) is 0.942. The van der Waals surface area contributed by atoms with Gasteiger partial charge in [0.2, 0.25) is 5.91 Å². The molecular weight excluding hydrogens is 315 g/mol. The minimum absolute atomic E-state index is 0.0315. The fourth-order valence-electron chi connectivity index (χ4n) is 2.53. The molecule has 1 heterocycles. The molecule has 1 fully saturated rings. The normalized spacial score (nSPS) is 20.3. The van der Waals surface area contributed by atoms with Crippen molar-refractivity contribution in [2.24, 2.45) is 0 Å². The number of para-hydroxylation sites is 1. The van der Waals surface area contributed by atoms with Crippen LogP contribution in [0.3, 0.4) is 0 Å². The second-order valence-electron chi connectivity index (χ2n) is 5.17. The molecule has 0 unspecified atom stereocenters. The quantitative estimate of drug-likeness (QED) is 0.824. The number of thioether (sulfide) groups is 1. The number of alkyl halides is 3. The highest BCUT2D eigenvalue weighted by atomic mass is 32.2. The van der Waals surface area contributed by atoms with Crippen LogP contribution in [0.25, 0.3) is 0 Å². The number of ether oxygens (including phenoxy) is 1. The minimum atomic E-state index is -4.34. The van der Waals surface area contributed by atoms with Gasteiger partial charge in [0.1, 0.15) is 12.3 Å². The molecule has 1 aromatic rings. The van der Waals surface area contributed by atoms with Gasteiger partial charge in [0.15, 0.2) is 0 Å². The fraction of sp³-hybridized carbons (Fsp3) is 0.533. The van der Waals surface area contributed by atoms with Crippen LogP contribution < -0.4 is 4.74 Å². The van der Waals surface area contributed by atoms with Gasteiger partial charge >= 0.3 is 6.18 Å². The van der Waals surface area contributed by atoms with Crippen molar-refractivity contribution in [1.82, 2.24) is 4.90 Å². The third-order valence-electron chi connectivity index (χ3n) is 3.56. The predicted molar refractivity (Wildman–Crippen MR) is 80.0 cm³/mol. The van der Waals surface area contributed by atoms with Gasteiger partial charge in [-0.25, -0.2) is 0 Å². The standard InChI is InChI=1S/C15H18F3NO2S/c1-10(11-5-3-4-6-12(11)21-2)22-13-7-8-19(14(13)20)9-15(16,17)18/h3-6,10,13H,7-9H2,1-2H3/t10-,13+/m0/s1. The number of carbonyl (C=O) groups is 1. The number of halogens is 3. The molecule has 0 spiro atoms. The van der Waals surface area contributed by atoms with Crippen molar-refractivity contribution in [3.8, 4) is 5.75 Å². The number of amides is 1. The maximum absolute atomic E-state index is 12.4. The van der Waals surface area contributed by atoms with Crippen LogP contribution in [0.5, 0.6) is 5.75 Å². The van der Waals surface area contributed by atoms with Gasteiger partial charge in [-0.3, -0.25) is 4.79 Å². The molecular formula is C15H18F3NO2S. The van der Waals surface area contributed by atoms with Gasteiger partial charge in [-0.1, -0.05) is 18.2 Å². The van der Waals surface area contributed by atoms with Crippen LogP contribution in [-0.2, 0) is 4.79 Å². The van der Waals surface area contributed by atoms with E-state index in [1.54, 1.807) is 7.11 Å². The number of benzene rings is 1. The van der Waals surface area contributed by atoms with Crippen LogP contribution in [0.1, 0.15) is 24.2 Å². The summed E-state index contributed by atoms with van der Waals surface area (Å²) in [5, 5.41) is -0.460. The molecule has 0 bridgehead atoms. The minimum Gasteiger partial charge on any atom is -0.496 e. The molecule has 0 N–H and O–H groups in total. The zero-order chi connectivity index (χ0) is 16.3. The van der Waals surface area contributed by atoms with Gasteiger partial charge < -0.3 is 9.64 Å². The van der Waals surface area contributed by atoms with Crippen LogP contribution in [0, 0.1) is 0 Å². The van der Waals surface area contributed by atoms with E-state index in [0.29, 0.717) is 6.42 Å². The van der Waals surface area contributed by atoms with E-state index in [9.17, 15) is 18.0 Å². The molecule has 2 atom stereocenters. The molecule has 1 amide bonds. The van der Waals surface area contributed by atoms with Gasteiger partial charge in [-0.2, -0.15) is 13.2 Å². The highest BCUT2D eigenvalue weighted by molar-refractivity contribution is 8.00. The first-order chi connectivity index (χ1) is 10.3. The Bertz CT molecular complexity index is 536. The molecule has 22 heavy (non-hydrogen) atoms. The predicted octanol–water partition coefficient (Wildman–Crippen LogP) is 3.65. The Morgan fingerprint density at radius 1 is 1.41 bits per heavy atom. The molecule has 122 valence electrons. The molecule has 0 aromatic heterocycles. The molecule has 2 rings (SSSR count). The smallest absolute Gasteiger partial charge is 0.406 e. The number of rotatable bonds is 5. The lowest BCUT2D eigenvalue weighted by atomic mass is 10.1. The zero-order valence-corrected chi connectivity index (χ0v) is 13.2. The van der Waals surface area contributed by atoms with Crippen LogP contribution in [-0.4, -0.2) is 42.4 Å². The van der Waals surface area contributed by atoms with Gasteiger partial charge in [-0.15, -0.1) is 11.8 Å². The Morgan fingerprint density at radius 2 is 2.09 bits per heavy atom. The van der Waals surface area contributed by atoms with Crippen LogP contribution >= 0.6 is 11.8 Å². The number of carbonyl (C=O) groups excluding carboxylic acids is 1. The first kappa shape index (κ1) is 17.0. The maximum atomic E-state index is 12.4. The molecule has 7 heteroatoms. The molecule has 0 radical (unpaired) electrons. The largest absolute Gasteiger partial charge is 0.496 e. The Labute approximate surface area is 131 Å². The van der Waals surface area contributed by atoms with E-state index in [4.69, 9.17) is 4.74 Å². The summed E-state index contributed by atoms with van der Waals surface area (Å²) in [6, 6.07) is 7.47. The van der Waals surface area contributed by atoms with E-state index >= 15 is 0 Å². The summed E-state index contributed by atoms with van der Waals surface area (Å²) >= 11 is 1.39. The summed E-state index contributed by atoms with van der Waals surface area (Å²) in [4.78, 5) is 13.0. The van der Waals surface area contributed by atoms with Gasteiger partial charge in [0, 0.05) is 17.4 Å². The molecule has 1 aromatic carbocycles. The third-order valence-corrected chi connectivity index (χ3v) is 4.99. The first-order valence-corrected chi connectivity index (χ1v) is 7.90. The molecule has 1 aliphatic heterocycles. The number of likely N-dealkylation sites (tertiary alicyclic amines) is 1. The number of methoxy groups -OCH3 is 1. The number of nitrogens with zero attached hydrogens (tertiary/aromatic N) is 1.